The number of benzene rings is 1. The van der Waals surface area contributed by atoms with Gasteiger partial charge in [-0.1, -0.05) is 19.9 Å². The van der Waals surface area contributed by atoms with Crippen molar-refractivity contribution in [3.05, 3.63) is 23.3 Å². The molecule has 0 aliphatic heterocycles. The smallest absolute Gasteiger partial charge is 0.161 e. The van der Waals surface area contributed by atoms with E-state index < -0.39 is 5.60 Å². The van der Waals surface area contributed by atoms with Gasteiger partial charge in [-0.3, -0.25) is 0 Å². The van der Waals surface area contributed by atoms with Crippen LogP contribution in [0.2, 0.25) is 0 Å². The lowest BCUT2D eigenvalue weighted by Crippen LogP contribution is -2.11. The first kappa shape index (κ1) is 12.2. The van der Waals surface area contributed by atoms with Gasteiger partial charge in [-0.05, 0) is 30.4 Å². The van der Waals surface area contributed by atoms with Crippen molar-refractivity contribution in [2.75, 3.05) is 7.11 Å². The summed E-state index contributed by atoms with van der Waals surface area (Å²) in [5.41, 5.74) is 1.31. The summed E-state index contributed by atoms with van der Waals surface area (Å²) in [7, 11) is 1.55. The first-order valence-electron chi connectivity index (χ1n) is 6.07. The molecule has 0 unspecified atom stereocenters. The average molecular weight is 236 g/mol. The molecule has 0 aromatic heterocycles. The standard InChI is InChI=1S/C14H20O3/c1-9(2)10-6-11(8-14(16)4-5-14)13(15)12(7-10)17-3/h6-7,9,15-16H,4-5,8H2,1-3H3. The Labute approximate surface area is 102 Å². The highest BCUT2D eigenvalue weighted by atomic mass is 16.5. The molecule has 94 valence electrons. The minimum absolute atomic E-state index is 0.164. The molecule has 0 heterocycles. The van der Waals surface area contributed by atoms with Gasteiger partial charge in [0.2, 0.25) is 0 Å². The van der Waals surface area contributed by atoms with Crippen LogP contribution < -0.4 is 4.74 Å². The van der Waals surface area contributed by atoms with Gasteiger partial charge in [0.15, 0.2) is 11.5 Å². The summed E-state index contributed by atoms with van der Waals surface area (Å²) in [4.78, 5) is 0. The maximum absolute atomic E-state index is 10.1. The Morgan fingerprint density at radius 3 is 2.47 bits per heavy atom. The second-order valence-corrected chi connectivity index (χ2v) is 5.29. The van der Waals surface area contributed by atoms with Gasteiger partial charge < -0.3 is 14.9 Å². The van der Waals surface area contributed by atoms with Crippen LogP contribution in [0.3, 0.4) is 0 Å². The fraction of sp³-hybridized carbons (Fsp3) is 0.571. The predicted molar refractivity (Wildman–Crippen MR) is 66.6 cm³/mol. The van der Waals surface area contributed by atoms with Crippen molar-refractivity contribution < 1.29 is 14.9 Å². The second kappa shape index (κ2) is 4.22. The third kappa shape index (κ3) is 2.55. The van der Waals surface area contributed by atoms with Crippen molar-refractivity contribution in [2.24, 2.45) is 0 Å². The number of aliphatic hydroxyl groups is 1. The van der Waals surface area contributed by atoms with Crippen LogP contribution in [0.15, 0.2) is 12.1 Å². The zero-order valence-corrected chi connectivity index (χ0v) is 10.7. The Hall–Kier alpha value is -1.22. The lowest BCUT2D eigenvalue weighted by atomic mass is 9.96. The topological polar surface area (TPSA) is 49.7 Å². The van der Waals surface area contributed by atoms with Gasteiger partial charge in [-0.15, -0.1) is 0 Å². The van der Waals surface area contributed by atoms with E-state index in [0.29, 0.717) is 18.1 Å². The van der Waals surface area contributed by atoms with Crippen molar-refractivity contribution >= 4 is 0 Å². The van der Waals surface area contributed by atoms with Crippen molar-refractivity contribution in [3.8, 4) is 11.5 Å². The second-order valence-electron chi connectivity index (χ2n) is 5.29. The van der Waals surface area contributed by atoms with E-state index in [1.807, 2.05) is 12.1 Å². The fourth-order valence-corrected chi connectivity index (χ4v) is 1.99. The number of rotatable bonds is 4. The predicted octanol–water partition coefficient (Wildman–Crippen LogP) is 2.59. The van der Waals surface area contributed by atoms with Crippen LogP contribution in [0.5, 0.6) is 11.5 Å². The van der Waals surface area contributed by atoms with E-state index in [9.17, 15) is 10.2 Å². The summed E-state index contributed by atoms with van der Waals surface area (Å²) < 4.78 is 5.18. The lowest BCUT2D eigenvalue weighted by molar-refractivity contribution is 0.149. The molecule has 0 spiro atoms. The van der Waals surface area contributed by atoms with Crippen LogP contribution in [-0.2, 0) is 6.42 Å². The molecule has 0 amide bonds. The molecular formula is C14H20O3. The summed E-state index contributed by atoms with van der Waals surface area (Å²) in [5, 5.41) is 20.0. The zero-order chi connectivity index (χ0) is 12.6. The van der Waals surface area contributed by atoms with Gasteiger partial charge in [-0.25, -0.2) is 0 Å². The van der Waals surface area contributed by atoms with Crippen molar-refractivity contribution in [2.45, 2.75) is 44.6 Å². The molecule has 17 heavy (non-hydrogen) atoms. The maximum atomic E-state index is 10.1. The van der Waals surface area contributed by atoms with Crippen molar-refractivity contribution in [1.82, 2.24) is 0 Å². The monoisotopic (exact) mass is 236 g/mol. The SMILES string of the molecule is COc1cc(C(C)C)cc(CC2(O)CC2)c1O. The van der Waals surface area contributed by atoms with Gasteiger partial charge in [0.1, 0.15) is 0 Å². The van der Waals surface area contributed by atoms with Crippen molar-refractivity contribution in [1.29, 1.82) is 0 Å². The van der Waals surface area contributed by atoms with E-state index in [4.69, 9.17) is 4.74 Å². The minimum Gasteiger partial charge on any atom is -0.504 e. The van der Waals surface area contributed by atoms with E-state index >= 15 is 0 Å². The quantitative estimate of drug-likeness (QED) is 0.844. The van der Waals surface area contributed by atoms with Gasteiger partial charge in [0.25, 0.3) is 0 Å². The lowest BCUT2D eigenvalue weighted by Gasteiger charge is -2.16. The molecule has 3 heteroatoms. The van der Waals surface area contributed by atoms with Crippen LogP contribution in [0.1, 0.15) is 43.7 Å². The number of hydrogen-bond donors (Lipinski definition) is 2. The molecular weight excluding hydrogens is 216 g/mol. The summed E-state index contributed by atoms with van der Waals surface area (Å²) in [6.45, 7) is 4.20. The van der Waals surface area contributed by atoms with Crippen molar-refractivity contribution in [3.63, 3.8) is 0 Å². The van der Waals surface area contributed by atoms with E-state index in [-0.39, 0.29) is 5.75 Å². The molecule has 0 atom stereocenters. The molecule has 0 radical (unpaired) electrons. The Balaban J connectivity index is 2.37. The summed E-state index contributed by atoms with van der Waals surface area (Å²) in [5.74, 6) is 1.03. The highest BCUT2D eigenvalue weighted by Gasteiger charge is 2.41. The Morgan fingerprint density at radius 1 is 1.35 bits per heavy atom. The number of methoxy groups -OCH3 is 1. The largest absolute Gasteiger partial charge is 0.504 e. The summed E-state index contributed by atoms with van der Waals surface area (Å²) in [6, 6.07) is 3.83. The van der Waals surface area contributed by atoms with E-state index in [2.05, 4.69) is 13.8 Å². The molecule has 2 rings (SSSR count). The molecule has 1 aromatic rings. The molecule has 1 aromatic carbocycles. The zero-order valence-electron chi connectivity index (χ0n) is 10.7. The number of phenolic OH excluding ortho intramolecular Hbond substituents is 1. The molecule has 3 nitrogen and oxygen atoms in total. The normalized spacial score (nSPS) is 17.2. The Bertz CT molecular complexity index is 420. The molecule has 1 aliphatic carbocycles. The first-order valence-corrected chi connectivity index (χ1v) is 6.07. The number of hydrogen-bond acceptors (Lipinski definition) is 3. The molecule has 0 bridgehead atoms. The van der Waals surface area contributed by atoms with E-state index in [1.165, 1.54) is 0 Å². The minimum atomic E-state index is -0.599. The third-order valence-corrected chi connectivity index (χ3v) is 3.41. The van der Waals surface area contributed by atoms with E-state index in [1.54, 1.807) is 7.11 Å². The van der Waals surface area contributed by atoms with Crippen LogP contribution in [-0.4, -0.2) is 22.9 Å². The van der Waals surface area contributed by atoms with Gasteiger partial charge in [0, 0.05) is 12.0 Å². The van der Waals surface area contributed by atoms with Crippen LogP contribution in [0.4, 0.5) is 0 Å². The van der Waals surface area contributed by atoms with Gasteiger partial charge >= 0.3 is 0 Å². The average Bonchev–Trinajstić information content (AvgIpc) is 2.99. The third-order valence-electron chi connectivity index (χ3n) is 3.41. The summed E-state index contributed by atoms with van der Waals surface area (Å²) >= 11 is 0. The molecule has 1 saturated carbocycles. The van der Waals surface area contributed by atoms with Crippen LogP contribution in [0.25, 0.3) is 0 Å². The number of ether oxygens (including phenoxy) is 1. The fourth-order valence-electron chi connectivity index (χ4n) is 1.99. The van der Waals surface area contributed by atoms with Gasteiger partial charge in [-0.2, -0.15) is 0 Å². The molecule has 2 N–H and O–H groups in total. The Kier molecular flexibility index (Phi) is 3.04. The Morgan fingerprint density at radius 2 is 2.00 bits per heavy atom. The first-order chi connectivity index (χ1) is 7.95. The number of aromatic hydroxyl groups is 1. The highest BCUT2D eigenvalue weighted by Crippen LogP contribution is 2.43. The van der Waals surface area contributed by atoms with Crippen LogP contribution in [0, 0.1) is 0 Å². The number of phenols is 1. The van der Waals surface area contributed by atoms with Gasteiger partial charge in [0.05, 0.1) is 12.7 Å². The van der Waals surface area contributed by atoms with E-state index in [0.717, 1.165) is 24.0 Å². The maximum Gasteiger partial charge on any atom is 0.161 e. The molecule has 1 aliphatic rings. The molecule has 0 saturated heterocycles. The summed E-state index contributed by atoms with van der Waals surface area (Å²) in [6.07, 6.45) is 2.15. The van der Waals surface area contributed by atoms with Crippen LogP contribution >= 0.6 is 0 Å². The highest BCUT2D eigenvalue weighted by molar-refractivity contribution is 5.50. The molecule has 1 fully saturated rings.